The molecule has 2 heterocycles. The summed E-state index contributed by atoms with van der Waals surface area (Å²) in [7, 11) is 0. The number of nitriles is 3. The van der Waals surface area contributed by atoms with Crippen LogP contribution in [0.2, 0.25) is 0 Å². The third kappa shape index (κ3) is 1.96. The molecule has 4 unspecified atom stereocenters. The molecule has 2 saturated heterocycles. The van der Waals surface area contributed by atoms with Gasteiger partial charge in [0.15, 0.2) is 5.41 Å². The third-order valence-corrected chi connectivity index (χ3v) is 6.55. The second kappa shape index (κ2) is 5.76. The maximum absolute atomic E-state index is 14.7. The van der Waals surface area contributed by atoms with Crippen LogP contribution in [0.1, 0.15) is 37.4 Å². The average Bonchev–Trinajstić information content (AvgIpc) is 2.88. The smallest absolute Gasteiger partial charge is 0.217 e. The van der Waals surface area contributed by atoms with Crippen molar-refractivity contribution in [1.82, 2.24) is 0 Å². The fraction of sp³-hybridized carbons (Fsp3) is 0.474. The molecule has 136 valence electrons. The molecule has 8 heteroatoms. The molecule has 3 aliphatic rings. The minimum absolute atomic E-state index is 0.00574. The molecule has 0 aromatic heterocycles. The molecule has 6 nitrogen and oxygen atoms in total. The van der Waals surface area contributed by atoms with Crippen molar-refractivity contribution >= 4 is 21.8 Å². The highest BCUT2D eigenvalue weighted by Gasteiger charge is 2.80. The lowest BCUT2D eigenvalue weighted by molar-refractivity contribution is -0.295. The predicted octanol–water partition coefficient (Wildman–Crippen LogP) is 4.10. The first-order valence-corrected chi connectivity index (χ1v) is 9.34. The van der Waals surface area contributed by atoms with Gasteiger partial charge in [0.25, 0.3) is 0 Å². The molecule has 4 rings (SSSR count). The van der Waals surface area contributed by atoms with E-state index in [0.717, 1.165) is 12.8 Å². The summed E-state index contributed by atoms with van der Waals surface area (Å²) in [5, 5.41) is 38.7. The summed E-state index contributed by atoms with van der Waals surface area (Å²) in [4.78, 5) is 0. The number of hydrogen-bond acceptors (Lipinski definition) is 6. The van der Waals surface area contributed by atoms with Gasteiger partial charge in [0.05, 0.1) is 24.1 Å². The van der Waals surface area contributed by atoms with Crippen LogP contribution in [0.4, 0.5) is 4.39 Å². The lowest BCUT2D eigenvalue weighted by atomic mass is 9.51. The van der Waals surface area contributed by atoms with Gasteiger partial charge in [0, 0.05) is 16.5 Å². The molecule has 1 aromatic rings. The van der Waals surface area contributed by atoms with Gasteiger partial charge in [-0.05, 0) is 31.0 Å². The van der Waals surface area contributed by atoms with Crippen LogP contribution in [0.15, 0.2) is 22.7 Å². The van der Waals surface area contributed by atoms with E-state index < -0.39 is 40.4 Å². The van der Waals surface area contributed by atoms with E-state index in [9.17, 15) is 20.2 Å². The van der Waals surface area contributed by atoms with Crippen molar-refractivity contribution in [2.45, 2.75) is 37.6 Å². The summed E-state index contributed by atoms with van der Waals surface area (Å²) >= 11 is 3.27. The van der Waals surface area contributed by atoms with Gasteiger partial charge >= 0.3 is 0 Å². The maximum Gasteiger partial charge on any atom is 0.217 e. The van der Waals surface area contributed by atoms with Crippen molar-refractivity contribution in [3.8, 4) is 18.2 Å². The Bertz CT molecular complexity index is 963. The van der Waals surface area contributed by atoms with Gasteiger partial charge in [-0.2, -0.15) is 15.8 Å². The highest BCUT2D eigenvalue weighted by atomic mass is 79.9. The largest absolute Gasteiger partial charge is 0.447 e. The summed E-state index contributed by atoms with van der Waals surface area (Å²) < 4.78 is 27.2. The van der Waals surface area contributed by atoms with Crippen molar-refractivity contribution in [2.24, 2.45) is 16.7 Å². The van der Waals surface area contributed by atoms with Crippen LogP contribution >= 0.6 is 15.9 Å². The van der Waals surface area contributed by atoms with Crippen LogP contribution in [-0.2, 0) is 9.47 Å². The van der Waals surface area contributed by atoms with Crippen molar-refractivity contribution in [3.05, 3.63) is 34.1 Å². The Kier molecular flexibility index (Phi) is 3.82. The zero-order valence-electron chi connectivity index (χ0n) is 14.1. The van der Waals surface area contributed by atoms with Gasteiger partial charge < -0.3 is 9.47 Å². The minimum Gasteiger partial charge on any atom is -0.447 e. The predicted molar refractivity (Wildman–Crippen MR) is 93.1 cm³/mol. The second-order valence-electron chi connectivity index (χ2n) is 7.16. The summed E-state index contributed by atoms with van der Waals surface area (Å²) in [6.45, 7) is 0. The topological polar surface area (TPSA) is 114 Å². The van der Waals surface area contributed by atoms with E-state index in [-0.39, 0.29) is 5.56 Å². The quantitative estimate of drug-likeness (QED) is 0.722. The summed E-state index contributed by atoms with van der Waals surface area (Å²) in [6.07, 6.45) is 1.09. The number of hydrogen-bond donors (Lipinski definition) is 1. The second-order valence-corrected chi connectivity index (χ2v) is 8.07. The maximum atomic E-state index is 14.7. The molecule has 2 aliphatic heterocycles. The van der Waals surface area contributed by atoms with Gasteiger partial charge in [-0.15, -0.1) is 0 Å². The first-order chi connectivity index (χ1) is 12.9. The highest BCUT2D eigenvalue weighted by molar-refractivity contribution is 9.10. The standard InChI is InChI=1S/C19H14BrFN4O2/c20-11-4-5-13(21)12(7-11)15-17(8-22,9-23)18(10-24)14-3-1-2-6-19(14,26-15)27-16(18)25/h4-5,7,14-15,25H,1-3,6H2. The highest BCUT2D eigenvalue weighted by Crippen LogP contribution is 2.69. The third-order valence-electron chi connectivity index (χ3n) is 6.06. The van der Waals surface area contributed by atoms with Crippen molar-refractivity contribution in [3.63, 3.8) is 0 Å². The number of nitrogens with zero attached hydrogens (tertiary/aromatic N) is 3. The molecule has 1 saturated carbocycles. The summed E-state index contributed by atoms with van der Waals surface area (Å²) in [5.74, 6) is -3.00. The Labute approximate surface area is 163 Å². The Morgan fingerprint density at radius 3 is 2.59 bits per heavy atom. The van der Waals surface area contributed by atoms with Crippen LogP contribution in [0.5, 0.6) is 0 Å². The molecule has 1 N–H and O–H groups in total. The molecule has 0 amide bonds. The van der Waals surface area contributed by atoms with Crippen LogP contribution in [0.3, 0.4) is 0 Å². The van der Waals surface area contributed by atoms with Crippen molar-refractivity contribution in [2.75, 3.05) is 0 Å². The zero-order valence-corrected chi connectivity index (χ0v) is 15.7. The molecule has 0 radical (unpaired) electrons. The SMILES string of the molecule is N#CC1(C#N)C(c2cc(Br)ccc2F)OC23CCCCC2C1(C#N)C(=N)O3. The molecule has 2 bridgehead atoms. The Morgan fingerprint density at radius 1 is 1.19 bits per heavy atom. The van der Waals surface area contributed by atoms with Crippen molar-refractivity contribution in [1.29, 1.82) is 21.2 Å². The average molecular weight is 429 g/mol. The van der Waals surface area contributed by atoms with Crippen LogP contribution in [-0.4, -0.2) is 11.7 Å². The van der Waals surface area contributed by atoms with E-state index in [0.29, 0.717) is 17.3 Å². The molecular weight excluding hydrogens is 415 g/mol. The van der Waals surface area contributed by atoms with E-state index in [4.69, 9.17) is 14.9 Å². The van der Waals surface area contributed by atoms with Gasteiger partial charge in [-0.1, -0.05) is 22.4 Å². The minimum atomic E-state index is -2.11. The molecule has 1 aromatic carbocycles. The molecule has 0 spiro atoms. The Morgan fingerprint density at radius 2 is 1.93 bits per heavy atom. The number of benzene rings is 1. The van der Waals surface area contributed by atoms with Gasteiger partial charge in [0.1, 0.15) is 11.9 Å². The van der Waals surface area contributed by atoms with Gasteiger partial charge in [0.2, 0.25) is 17.1 Å². The van der Waals surface area contributed by atoms with Gasteiger partial charge in [-0.25, -0.2) is 4.39 Å². The van der Waals surface area contributed by atoms with E-state index in [1.54, 1.807) is 0 Å². The number of rotatable bonds is 1. The first kappa shape index (κ1) is 17.9. The van der Waals surface area contributed by atoms with E-state index >= 15 is 0 Å². The number of ether oxygens (including phenoxy) is 2. The number of halogens is 2. The van der Waals surface area contributed by atoms with Gasteiger partial charge in [-0.3, -0.25) is 5.41 Å². The lowest BCUT2D eigenvalue weighted by Crippen LogP contribution is -2.60. The fourth-order valence-electron chi connectivity index (χ4n) is 4.86. The normalized spacial score (nSPS) is 35.9. The zero-order chi connectivity index (χ0) is 19.4. The molecule has 27 heavy (non-hydrogen) atoms. The summed E-state index contributed by atoms with van der Waals surface area (Å²) in [5.41, 5.74) is -3.93. The molecule has 1 aliphatic carbocycles. The lowest BCUT2D eigenvalue weighted by Gasteiger charge is -2.51. The van der Waals surface area contributed by atoms with E-state index in [1.165, 1.54) is 18.2 Å². The Balaban J connectivity index is 2.04. The van der Waals surface area contributed by atoms with E-state index in [1.807, 2.05) is 12.1 Å². The summed E-state index contributed by atoms with van der Waals surface area (Å²) in [6, 6.07) is 10.1. The van der Waals surface area contributed by atoms with Crippen LogP contribution in [0, 0.1) is 62.0 Å². The number of nitrogens with one attached hydrogen (secondary N) is 1. The van der Waals surface area contributed by atoms with Crippen molar-refractivity contribution < 1.29 is 13.9 Å². The monoisotopic (exact) mass is 428 g/mol. The molecule has 4 atom stereocenters. The first-order valence-electron chi connectivity index (χ1n) is 8.55. The fourth-order valence-corrected chi connectivity index (χ4v) is 5.23. The van der Waals surface area contributed by atoms with Crippen LogP contribution < -0.4 is 0 Å². The Hall–Kier alpha value is -2.47. The van der Waals surface area contributed by atoms with Crippen LogP contribution in [0.25, 0.3) is 0 Å². The molecular formula is C19H14BrFN4O2. The molecule has 3 fully saturated rings. The van der Waals surface area contributed by atoms with E-state index in [2.05, 4.69) is 22.0 Å².